The maximum atomic E-state index is 14.5. The fourth-order valence-corrected chi connectivity index (χ4v) is 8.66. The lowest BCUT2D eigenvalue weighted by molar-refractivity contribution is -0.258. The van der Waals surface area contributed by atoms with Crippen LogP contribution in [0.2, 0.25) is 0 Å². The van der Waals surface area contributed by atoms with E-state index in [-0.39, 0.29) is 36.4 Å². The molecule has 5 unspecified atom stereocenters. The van der Waals surface area contributed by atoms with Crippen molar-refractivity contribution in [1.29, 1.82) is 0 Å². The van der Waals surface area contributed by atoms with Crippen LogP contribution in [0.5, 0.6) is 5.75 Å². The lowest BCUT2D eigenvalue weighted by Gasteiger charge is -2.51. The number of hydrogen-bond donors (Lipinski definition) is 4. The molecule has 3 aliphatic rings. The first-order chi connectivity index (χ1) is 18.7. The predicted octanol–water partition coefficient (Wildman–Crippen LogP) is 5.00. The van der Waals surface area contributed by atoms with E-state index in [0.29, 0.717) is 19.4 Å². The SMILES string of the molecule is C=C1C2C(CO)CC(C(=O)CCc3cccc(-c4cc(O)cc(CNC)c4)c3)(C2(O)OC)C1(C)C1CCCC1. The number of aryl methyl sites for hydroxylation is 1. The maximum Gasteiger partial charge on any atom is 0.185 e. The van der Waals surface area contributed by atoms with Gasteiger partial charge in [-0.3, -0.25) is 4.79 Å². The molecule has 3 saturated carbocycles. The number of ketones is 1. The van der Waals surface area contributed by atoms with Crippen LogP contribution in [0.4, 0.5) is 0 Å². The van der Waals surface area contributed by atoms with Gasteiger partial charge in [-0.25, -0.2) is 0 Å². The number of aliphatic hydroxyl groups is 2. The summed E-state index contributed by atoms with van der Waals surface area (Å²) in [6.45, 7) is 7.15. The second-order valence-corrected chi connectivity index (χ2v) is 12.2. The Balaban J connectivity index is 1.46. The molecule has 0 amide bonds. The molecule has 2 aromatic carbocycles. The van der Waals surface area contributed by atoms with Gasteiger partial charge in [-0.1, -0.05) is 56.2 Å². The molecule has 2 aromatic rings. The van der Waals surface area contributed by atoms with E-state index in [2.05, 4.69) is 31.0 Å². The third-order valence-electron chi connectivity index (χ3n) is 10.5. The van der Waals surface area contributed by atoms with E-state index in [4.69, 9.17) is 4.74 Å². The van der Waals surface area contributed by atoms with Gasteiger partial charge in [-0.2, -0.15) is 0 Å². The molecule has 0 heterocycles. The van der Waals surface area contributed by atoms with Crippen LogP contribution < -0.4 is 5.32 Å². The zero-order valence-electron chi connectivity index (χ0n) is 23.5. The third kappa shape index (κ3) is 4.10. The first-order valence-electron chi connectivity index (χ1n) is 14.3. The number of Topliss-reactive ketones (excluding diaryl/α,β-unsaturated/α-hetero) is 1. The fraction of sp³-hybridized carbons (Fsp3) is 0.545. The van der Waals surface area contributed by atoms with Gasteiger partial charge in [0.25, 0.3) is 0 Å². The summed E-state index contributed by atoms with van der Waals surface area (Å²) in [4.78, 5) is 14.5. The van der Waals surface area contributed by atoms with Gasteiger partial charge in [0.05, 0.1) is 5.41 Å². The van der Waals surface area contributed by atoms with Crippen molar-refractivity contribution >= 4 is 5.78 Å². The minimum atomic E-state index is -1.67. The zero-order valence-corrected chi connectivity index (χ0v) is 23.5. The van der Waals surface area contributed by atoms with Crippen molar-refractivity contribution in [1.82, 2.24) is 5.32 Å². The highest BCUT2D eigenvalue weighted by Gasteiger charge is 2.81. The van der Waals surface area contributed by atoms with Crippen LogP contribution in [0.1, 0.15) is 56.6 Å². The first kappa shape index (κ1) is 28.0. The number of fused-ring (bicyclic) bond motifs is 2. The van der Waals surface area contributed by atoms with Crippen LogP contribution in [0.15, 0.2) is 54.6 Å². The molecule has 4 N–H and O–H groups in total. The number of phenolic OH excluding ortho intramolecular Hbond substituents is 1. The van der Waals surface area contributed by atoms with Crippen LogP contribution in [-0.4, -0.2) is 47.7 Å². The van der Waals surface area contributed by atoms with E-state index in [1.54, 1.807) is 12.1 Å². The van der Waals surface area contributed by atoms with Crippen LogP contribution in [0.3, 0.4) is 0 Å². The molecule has 0 aromatic heterocycles. The molecule has 6 nitrogen and oxygen atoms in total. The molecule has 39 heavy (non-hydrogen) atoms. The molecule has 5 rings (SSSR count). The van der Waals surface area contributed by atoms with Crippen molar-refractivity contribution in [3.8, 4) is 16.9 Å². The van der Waals surface area contributed by atoms with Crippen molar-refractivity contribution < 1.29 is 24.9 Å². The van der Waals surface area contributed by atoms with Gasteiger partial charge < -0.3 is 25.4 Å². The van der Waals surface area contributed by atoms with Gasteiger partial charge in [-0.15, -0.1) is 0 Å². The molecule has 0 aliphatic heterocycles. The Morgan fingerprint density at radius 2 is 1.85 bits per heavy atom. The van der Waals surface area contributed by atoms with E-state index in [9.17, 15) is 20.1 Å². The normalized spacial score (nSPS) is 32.3. The van der Waals surface area contributed by atoms with Crippen molar-refractivity contribution in [2.75, 3.05) is 20.8 Å². The number of benzene rings is 2. The van der Waals surface area contributed by atoms with E-state index in [1.165, 1.54) is 7.11 Å². The summed E-state index contributed by atoms with van der Waals surface area (Å²) >= 11 is 0. The molecule has 0 radical (unpaired) electrons. The van der Waals surface area contributed by atoms with Gasteiger partial charge in [-0.05, 0) is 85.0 Å². The Bertz CT molecular complexity index is 1250. The summed E-state index contributed by atoms with van der Waals surface area (Å²) in [7, 11) is 3.36. The molecule has 5 atom stereocenters. The topological polar surface area (TPSA) is 99.0 Å². The fourth-order valence-electron chi connectivity index (χ4n) is 8.66. The minimum Gasteiger partial charge on any atom is -0.508 e. The number of aliphatic hydroxyl groups excluding tert-OH is 1. The number of methoxy groups -OCH3 is 1. The van der Waals surface area contributed by atoms with E-state index < -0.39 is 22.5 Å². The molecular formula is C33H43NO5. The predicted molar refractivity (Wildman–Crippen MR) is 152 cm³/mol. The molecule has 6 heteroatoms. The Morgan fingerprint density at radius 3 is 2.51 bits per heavy atom. The smallest absolute Gasteiger partial charge is 0.185 e. The van der Waals surface area contributed by atoms with Gasteiger partial charge in [0.2, 0.25) is 0 Å². The molecule has 2 bridgehead atoms. The van der Waals surface area contributed by atoms with Crippen LogP contribution >= 0.6 is 0 Å². The Morgan fingerprint density at radius 1 is 1.13 bits per heavy atom. The molecule has 3 fully saturated rings. The van der Waals surface area contributed by atoms with Gasteiger partial charge in [0, 0.05) is 38.0 Å². The van der Waals surface area contributed by atoms with Gasteiger partial charge in [0.1, 0.15) is 11.5 Å². The summed E-state index contributed by atoms with van der Waals surface area (Å²) in [6, 6.07) is 13.7. The summed E-state index contributed by atoms with van der Waals surface area (Å²) in [5, 5.41) is 35.7. The first-order valence-corrected chi connectivity index (χ1v) is 14.3. The van der Waals surface area contributed by atoms with E-state index in [0.717, 1.165) is 53.5 Å². The molecule has 3 aliphatic carbocycles. The van der Waals surface area contributed by atoms with Crippen molar-refractivity contribution in [2.45, 2.75) is 64.2 Å². The molecule has 210 valence electrons. The second-order valence-electron chi connectivity index (χ2n) is 12.2. The highest BCUT2D eigenvalue weighted by atomic mass is 16.6. The number of rotatable bonds is 10. The van der Waals surface area contributed by atoms with Crippen molar-refractivity contribution in [3.63, 3.8) is 0 Å². The van der Waals surface area contributed by atoms with E-state index >= 15 is 0 Å². The monoisotopic (exact) mass is 533 g/mol. The summed E-state index contributed by atoms with van der Waals surface area (Å²) in [5.74, 6) is -1.89. The average molecular weight is 534 g/mol. The lowest BCUT2D eigenvalue weighted by Crippen LogP contribution is -2.57. The zero-order chi connectivity index (χ0) is 28.0. The lowest BCUT2D eigenvalue weighted by atomic mass is 9.52. The van der Waals surface area contributed by atoms with Gasteiger partial charge in [0.15, 0.2) is 5.79 Å². The molecule has 0 saturated heterocycles. The number of hydrogen-bond acceptors (Lipinski definition) is 6. The largest absolute Gasteiger partial charge is 0.508 e. The number of nitrogens with one attached hydrogen (secondary N) is 1. The van der Waals surface area contributed by atoms with Crippen LogP contribution in [0, 0.1) is 28.6 Å². The summed E-state index contributed by atoms with van der Waals surface area (Å²) in [6.07, 6.45) is 5.48. The minimum absolute atomic E-state index is 0.0000787. The third-order valence-corrected chi connectivity index (χ3v) is 10.5. The molecule has 0 spiro atoms. The summed E-state index contributed by atoms with van der Waals surface area (Å²) < 4.78 is 5.87. The maximum absolute atomic E-state index is 14.5. The number of aromatic hydroxyl groups is 1. The summed E-state index contributed by atoms with van der Waals surface area (Å²) in [5.41, 5.74) is 3.08. The van der Waals surface area contributed by atoms with Crippen molar-refractivity contribution in [2.24, 2.45) is 28.6 Å². The second kappa shape index (κ2) is 10.5. The van der Waals surface area contributed by atoms with Crippen LogP contribution in [-0.2, 0) is 22.5 Å². The van der Waals surface area contributed by atoms with Crippen molar-refractivity contribution in [3.05, 3.63) is 65.7 Å². The highest BCUT2D eigenvalue weighted by molar-refractivity contribution is 5.90. The molecular weight excluding hydrogens is 490 g/mol. The Kier molecular flexibility index (Phi) is 7.53. The number of ether oxygens (including phenoxy) is 1. The van der Waals surface area contributed by atoms with Crippen LogP contribution in [0.25, 0.3) is 11.1 Å². The standard InChI is InChI=1S/C33H43NO5/c1-21-30-26(20-35)18-32(33(30,38)39-4,31(21,2)27-10-5-6-11-27)29(37)13-12-22-8-7-9-24(14-22)25-15-23(19-34-3)16-28(36)17-25/h7-9,14-17,26-27,30,34-36,38H,1,5-6,10-13,18-20H2,2-4H3. The number of phenols is 1. The highest BCUT2D eigenvalue weighted by Crippen LogP contribution is 2.77. The number of carbonyl (C=O) groups is 1. The number of carbonyl (C=O) groups excluding carboxylic acids is 1. The quantitative estimate of drug-likeness (QED) is 0.254. The van der Waals surface area contributed by atoms with Gasteiger partial charge >= 0.3 is 0 Å². The Labute approximate surface area is 232 Å². The Hall–Kier alpha value is -2.51. The van der Waals surface area contributed by atoms with E-state index in [1.807, 2.05) is 25.2 Å². The average Bonchev–Trinajstić information content (AvgIpc) is 3.60.